The van der Waals surface area contributed by atoms with Crippen LogP contribution >= 0.6 is 15.9 Å². The quantitative estimate of drug-likeness (QED) is 0.882. The first-order valence-corrected chi connectivity index (χ1v) is 8.22. The predicted octanol–water partition coefficient (Wildman–Crippen LogP) is 3.53. The minimum atomic E-state index is -0.0201. The molecule has 0 saturated heterocycles. The number of hydrogen-bond donors (Lipinski definition) is 2. The van der Waals surface area contributed by atoms with Gasteiger partial charge in [0.15, 0.2) is 0 Å². The summed E-state index contributed by atoms with van der Waals surface area (Å²) in [6.45, 7) is 2.09. The normalized spacial score (nSPS) is 24.1. The molecule has 1 aromatic carbocycles. The van der Waals surface area contributed by atoms with Gasteiger partial charge in [0.05, 0.1) is 12.0 Å². The zero-order valence-electron chi connectivity index (χ0n) is 11.9. The molecular weight excluding hydrogens is 316 g/mol. The van der Waals surface area contributed by atoms with Gasteiger partial charge in [0.2, 0.25) is 5.91 Å². The molecule has 1 fully saturated rings. The lowest BCUT2D eigenvalue weighted by atomic mass is 9.84. The third-order valence-corrected chi connectivity index (χ3v) is 4.68. The van der Waals surface area contributed by atoms with E-state index in [4.69, 9.17) is 5.73 Å². The fraction of sp³-hybridized carbons (Fsp3) is 0.562. The SMILES string of the molecule is CCC(NC(=O)C1CCCCC1N)c1ccc(Br)cc1. The van der Waals surface area contributed by atoms with Gasteiger partial charge in [-0.15, -0.1) is 0 Å². The third kappa shape index (κ3) is 3.83. The largest absolute Gasteiger partial charge is 0.349 e. The van der Waals surface area contributed by atoms with Crippen LogP contribution in [0.15, 0.2) is 28.7 Å². The summed E-state index contributed by atoms with van der Waals surface area (Å²) in [6.07, 6.45) is 5.03. The molecule has 2 rings (SSSR count). The summed E-state index contributed by atoms with van der Waals surface area (Å²) in [5.74, 6) is 0.0974. The number of benzene rings is 1. The van der Waals surface area contributed by atoms with Crippen molar-refractivity contribution < 1.29 is 4.79 Å². The minimum absolute atomic E-state index is 0.0196. The molecule has 0 heterocycles. The maximum atomic E-state index is 12.4. The van der Waals surface area contributed by atoms with E-state index in [1.54, 1.807) is 0 Å². The van der Waals surface area contributed by atoms with Crippen molar-refractivity contribution in [1.29, 1.82) is 0 Å². The summed E-state index contributed by atoms with van der Waals surface area (Å²) in [5, 5.41) is 3.17. The zero-order chi connectivity index (χ0) is 14.5. The lowest BCUT2D eigenvalue weighted by molar-refractivity contribution is -0.127. The molecule has 3 nitrogen and oxygen atoms in total. The van der Waals surface area contributed by atoms with E-state index in [1.165, 1.54) is 0 Å². The summed E-state index contributed by atoms with van der Waals surface area (Å²) in [6, 6.07) is 8.22. The Morgan fingerprint density at radius 2 is 2.00 bits per heavy atom. The van der Waals surface area contributed by atoms with Gasteiger partial charge < -0.3 is 11.1 Å². The topological polar surface area (TPSA) is 55.1 Å². The number of hydrogen-bond acceptors (Lipinski definition) is 2. The fourth-order valence-electron chi connectivity index (χ4n) is 2.88. The van der Waals surface area contributed by atoms with Crippen LogP contribution in [-0.4, -0.2) is 11.9 Å². The first kappa shape index (κ1) is 15.5. The Kier molecular flexibility index (Phi) is 5.61. The standard InChI is InChI=1S/C16H23BrN2O/c1-2-15(11-7-9-12(17)10-8-11)19-16(20)13-5-3-4-6-14(13)18/h7-10,13-15H,2-6,18H2,1H3,(H,19,20). The fourth-order valence-corrected chi connectivity index (χ4v) is 3.14. The molecule has 4 heteroatoms. The highest BCUT2D eigenvalue weighted by atomic mass is 79.9. The van der Waals surface area contributed by atoms with Crippen molar-refractivity contribution in [2.75, 3.05) is 0 Å². The van der Waals surface area contributed by atoms with Crippen LogP contribution in [0.25, 0.3) is 0 Å². The second-order valence-electron chi connectivity index (χ2n) is 5.58. The van der Waals surface area contributed by atoms with Gasteiger partial charge in [-0.1, -0.05) is 47.8 Å². The number of nitrogens with one attached hydrogen (secondary N) is 1. The number of nitrogens with two attached hydrogens (primary N) is 1. The third-order valence-electron chi connectivity index (χ3n) is 4.15. The lowest BCUT2D eigenvalue weighted by Crippen LogP contribution is -2.44. The molecule has 1 aromatic rings. The molecule has 0 radical (unpaired) electrons. The zero-order valence-corrected chi connectivity index (χ0v) is 13.5. The smallest absolute Gasteiger partial charge is 0.225 e. The van der Waals surface area contributed by atoms with Gasteiger partial charge in [0.25, 0.3) is 0 Å². The highest BCUT2D eigenvalue weighted by Gasteiger charge is 2.29. The molecule has 3 unspecified atom stereocenters. The van der Waals surface area contributed by atoms with Gasteiger partial charge in [0, 0.05) is 10.5 Å². The summed E-state index contributed by atoms with van der Waals surface area (Å²) < 4.78 is 1.05. The highest BCUT2D eigenvalue weighted by Crippen LogP contribution is 2.25. The van der Waals surface area contributed by atoms with Crippen molar-refractivity contribution in [3.63, 3.8) is 0 Å². The molecule has 3 N–H and O–H groups in total. The van der Waals surface area contributed by atoms with Crippen LogP contribution in [0.2, 0.25) is 0 Å². The van der Waals surface area contributed by atoms with Crippen molar-refractivity contribution in [2.45, 2.75) is 51.1 Å². The number of carbonyl (C=O) groups is 1. The molecule has 0 bridgehead atoms. The molecule has 0 aromatic heterocycles. The molecule has 3 atom stereocenters. The first-order valence-electron chi connectivity index (χ1n) is 7.43. The van der Waals surface area contributed by atoms with E-state index in [1.807, 2.05) is 12.1 Å². The Labute approximate surface area is 129 Å². The Morgan fingerprint density at radius 1 is 1.35 bits per heavy atom. The number of carbonyl (C=O) groups excluding carboxylic acids is 1. The van der Waals surface area contributed by atoms with Gasteiger partial charge in [-0.05, 0) is 37.0 Å². The molecular formula is C16H23BrN2O. The highest BCUT2D eigenvalue weighted by molar-refractivity contribution is 9.10. The first-order chi connectivity index (χ1) is 9.61. The van der Waals surface area contributed by atoms with E-state index in [9.17, 15) is 4.79 Å². The number of halogens is 1. The summed E-state index contributed by atoms with van der Waals surface area (Å²) in [7, 11) is 0. The summed E-state index contributed by atoms with van der Waals surface area (Å²) in [4.78, 5) is 12.4. The molecule has 1 aliphatic rings. The molecule has 20 heavy (non-hydrogen) atoms. The maximum absolute atomic E-state index is 12.4. The Morgan fingerprint density at radius 3 is 2.60 bits per heavy atom. The Bertz CT molecular complexity index is 446. The minimum Gasteiger partial charge on any atom is -0.349 e. The van der Waals surface area contributed by atoms with Gasteiger partial charge in [-0.25, -0.2) is 0 Å². The summed E-state index contributed by atoms with van der Waals surface area (Å²) in [5.41, 5.74) is 7.24. The summed E-state index contributed by atoms with van der Waals surface area (Å²) >= 11 is 3.43. The van der Waals surface area contributed by atoms with Crippen LogP contribution in [0.1, 0.15) is 50.6 Å². The molecule has 0 spiro atoms. The van der Waals surface area contributed by atoms with Crippen LogP contribution in [0, 0.1) is 5.92 Å². The van der Waals surface area contributed by atoms with Gasteiger partial charge in [0.1, 0.15) is 0 Å². The molecule has 0 aliphatic heterocycles. The second kappa shape index (κ2) is 7.23. The number of amides is 1. The van der Waals surface area contributed by atoms with Crippen LogP contribution in [0.3, 0.4) is 0 Å². The molecule has 1 saturated carbocycles. The number of rotatable bonds is 4. The van der Waals surface area contributed by atoms with E-state index in [2.05, 4.69) is 40.3 Å². The average Bonchev–Trinajstić information content (AvgIpc) is 2.46. The molecule has 1 aliphatic carbocycles. The van der Waals surface area contributed by atoms with Crippen LogP contribution in [-0.2, 0) is 4.79 Å². The van der Waals surface area contributed by atoms with E-state index >= 15 is 0 Å². The molecule has 1 amide bonds. The average molecular weight is 339 g/mol. The van der Waals surface area contributed by atoms with Gasteiger partial charge >= 0.3 is 0 Å². The Hall–Kier alpha value is -0.870. The van der Waals surface area contributed by atoms with Crippen molar-refractivity contribution in [3.05, 3.63) is 34.3 Å². The van der Waals surface area contributed by atoms with Gasteiger partial charge in [-0.3, -0.25) is 4.79 Å². The van der Waals surface area contributed by atoms with Crippen LogP contribution in [0.5, 0.6) is 0 Å². The monoisotopic (exact) mass is 338 g/mol. The van der Waals surface area contributed by atoms with Crippen molar-refractivity contribution >= 4 is 21.8 Å². The maximum Gasteiger partial charge on any atom is 0.225 e. The Balaban J connectivity index is 2.02. The second-order valence-corrected chi connectivity index (χ2v) is 6.49. The van der Waals surface area contributed by atoms with Gasteiger partial charge in [-0.2, -0.15) is 0 Å². The van der Waals surface area contributed by atoms with Crippen LogP contribution in [0.4, 0.5) is 0 Å². The van der Waals surface area contributed by atoms with E-state index in [0.717, 1.165) is 42.1 Å². The molecule has 110 valence electrons. The van der Waals surface area contributed by atoms with Crippen LogP contribution < -0.4 is 11.1 Å². The van der Waals surface area contributed by atoms with E-state index in [0.29, 0.717) is 0 Å². The van der Waals surface area contributed by atoms with E-state index in [-0.39, 0.29) is 23.9 Å². The lowest BCUT2D eigenvalue weighted by Gasteiger charge is -2.29. The predicted molar refractivity (Wildman–Crippen MR) is 85.3 cm³/mol. The van der Waals surface area contributed by atoms with Crippen molar-refractivity contribution in [2.24, 2.45) is 11.7 Å². The van der Waals surface area contributed by atoms with Crippen molar-refractivity contribution in [1.82, 2.24) is 5.32 Å². The van der Waals surface area contributed by atoms with E-state index < -0.39 is 0 Å². The van der Waals surface area contributed by atoms with Crippen molar-refractivity contribution in [3.8, 4) is 0 Å².